The zero-order valence-electron chi connectivity index (χ0n) is 9.69. The van der Waals surface area contributed by atoms with Crippen molar-refractivity contribution in [1.29, 1.82) is 0 Å². The molecule has 0 saturated carbocycles. The molecule has 0 saturated heterocycles. The molecule has 0 unspecified atom stereocenters. The van der Waals surface area contributed by atoms with Gasteiger partial charge in [0.05, 0.1) is 18.3 Å². The third-order valence-corrected chi connectivity index (χ3v) is 2.47. The van der Waals surface area contributed by atoms with E-state index in [1.807, 2.05) is 32.0 Å². The van der Waals surface area contributed by atoms with E-state index in [0.717, 1.165) is 5.69 Å². The second-order valence-electron chi connectivity index (χ2n) is 3.92. The summed E-state index contributed by atoms with van der Waals surface area (Å²) in [4.78, 5) is 15.4. The Labute approximate surface area is 90.1 Å². The summed E-state index contributed by atoms with van der Waals surface area (Å²) in [5.41, 5.74) is 0.941. The predicted molar refractivity (Wildman–Crippen MR) is 58.2 cm³/mol. The Morgan fingerprint density at radius 1 is 1.53 bits per heavy atom. The molecule has 5 heteroatoms. The van der Waals surface area contributed by atoms with Crippen LogP contribution in [0.4, 0.5) is 0 Å². The normalized spacial score (nSPS) is 12.9. The highest BCUT2D eigenvalue weighted by molar-refractivity contribution is 5.81. The van der Waals surface area contributed by atoms with Crippen molar-refractivity contribution in [3.05, 3.63) is 18.0 Å². The highest BCUT2D eigenvalue weighted by Crippen LogP contribution is 2.02. The number of nitrogens with zero attached hydrogens (tertiary/aromatic N) is 3. The summed E-state index contributed by atoms with van der Waals surface area (Å²) in [6, 6.07) is 1.77. The molecule has 15 heavy (non-hydrogen) atoms. The topological polar surface area (TPSA) is 52.2 Å². The van der Waals surface area contributed by atoms with Crippen LogP contribution in [-0.2, 0) is 11.3 Å². The molecule has 84 valence electrons. The molecule has 0 fully saturated rings. The maximum atomic E-state index is 11.9. The van der Waals surface area contributed by atoms with E-state index in [2.05, 4.69) is 10.2 Å². The maximum absolute atomic E-state index is 11.9. The van der Waals surface area contributed by atoms with Crippen LogP contribution in [0.15, 0.2) is 12.3 Å². The third-order valence-electron chi connectivity index (χ3n) is 2.47. The zero-order chi connectivity index (χ0) is 11.4. The third kappa shape index (κ3) is 3.06. The Morgan fingerprint density at radius 3 is 2.67 bits per heavy atom. The SMILES string of the molecule is C[C@@H](C(=O)N(C)Cc1ccn[nH]1)N(C)C. The molecule has 1 aromatic rings. The van der Waals surface area contributed by atoms with E-state index >= 15 is 0 Å². The number of H-pyrrole nitrogens is 1. The van der Waals surface area contributed by atoms with Crippen molar-refractivity contribution in [2.75, 3.05) is 21.1 Å². The van der Waals surface area contributed by atoms with E-state index in [9.17, 15) is 4.79 Å². The Balaban J connectivity index is 2.54. The number of carbonyl (C=O) groups excluding carboxylic acids is 1. The second-order valence-corrected chi connectivity index (χ2v) is 3.92. The van der Waals surface area contributed by atoms with E-state index in [-0.39, 0.29) is 11.9 Å². The van der Waals surface area contributed by atoms with E-state index < -0.39 is 0 Å². The average Bonchev–Trinajstić information content (AvgIpc) is 2.67. The summed E-state index contributed by atoms with van der Waals surface area (Å²) >= 11 is 0. The molecule has 0 aromatic carbocycles. The smallest absolute Gasteiger partial charge is 0.239 e. The lowest BCUT2D eigenvalue weighted by Gasteiger charge is -2.24. The molecule has 1 aromatic heterocycles. The molecule has 5 nitrogen and oxygen atoms in total. The number of nitrogens with one attached hydrogen (secondary N) is 1. The van der Waals surface area contributed by atoms with Crippen molar-refractivity contribution in [2.45, 2.75) is 19.5 Å². The molecule has 0 spiro atoms. The van der Waals surface area contributed by atoms with Gasteiger partial charge in [-0.3, -0.25) is 14.8 Å². The molecule has 1 heterocycles. The molecular weight excluding hydrogens is 192 g/mol. The van der Waals surface area contributed by atoms with Crippen LogP contribution in [0.25, 0.3) is 0 Å². The lowest BCUT2D eigenvalue weighted by molar-refractivity contribution is -0.134. The molecule has 0 aliphatic heterocycles. The van der Waals surface area contributed by atoms with E-state index in [0.29, 0.717) is 6.54 Å². The van der Waals surface area contributed by atoms with Gasteiger partial charge in [-0.2, -0.15) is 5.10 Å². The molecule has 1 N–H and O–H groups in total. The van der Waals surface area contributed by atoms with Gasteiger partial charge in [0.15, 0.2) is 0 Å². The minimum absolute atomic E-state index is 0.0991. The van der Waals surface area contributed by atoms with Crippen molar-refractivity contribution < 1.29 is 4.79 Å². The second kappa shape index (κ2) is 4.93. The number of amides is 1. The quantitative estimate of drug-likeness (QED) is 0.778. The summed E-state index contributed by atoms with van der Waals surface area (Å²) in [5.74, 6) is 0.106. The van der Waals surface area contributed by atoms with Gasteiger partial charge in [-0.05, 0) is 27.1 Å². The molecule has 1 atom stereocenters. The van der Waals surface area contributed by atoms with Crippen LogP contribution in [0.1, 0.15) is 12.6 Å². The van der Waals surface area contributed by atoms with Gasteiger partial charge in [0, 0.05) is 13.2 Å². The fourth-order valence-corrected chi connectivity index (χ4v) is 1.25. The van der Waals surface area contributed by atoms with Crippen molar-refractivity contribution >= 4 is 5.91 Å². The van der Waals surface area contributed by atoms with Gasteiger partial charge in [-0.1, -0.05) is 0 Å². The highest BCUT2D eigenvalue weighted by atomic mass is 16.2. The number of aromatic amines is 1. The van der Waals surface area contributed by atoms with Gasteiger partial charge in [0.2, 0.25) is 5.91 Å². The number of aromatic nitrogens is 2. The molecule has 0 bridgehead atoms. The van der Waals surface area contributed by atoms with Crippen LogP contribution in [0.3, 0.4) is 0 Å². The van der Waals surface area contributed by atoms with Crippen LogP contribution < -0.4 is 0 Å². The van der Waals surface area contributed by atoms with Crippen molar-refractivity contribution in [3.63, 3.8) is 0 Å². The Kier molecular flexibility index (Phi) is 3.85. The van der Waals surface area contributed by atoms with Gasteiger partial charge in [0.25, 0.3) is 0 Å². The minimum Gasteiger partial charge on any atom is -0.339 e. The first-order valence-electron chi connectivity index (χ1n) is 4.92. The van der Waals surface area contributed by atoms with E-state index in [1.165, 1.54) is 0 Å². The van der Waals surface area contributed by atoms with Gasteiger partial charge in [-0.15, -0.1) is 0 Å². The largest absolute Gasteiger partial charge is 0.339 e. The van der Waals surface area contributed by atoms with Crippen molar-refractivity contribution in [1.82, 2.24) is 20.0 Å². The summed E-state index contributed by atoms with van der Waals surface area (Å²) in [6.45, 7) is 2.46. The Hall–Kier alpha value is -1.36. The number of hydrogen-bond acceptors (Lipinski definition) is 3. The van der Waals surface area contributed by atoms with Crippen LogP contribution >= 0.6 is 0 Å². The highest BCUT2D eigenvalue weighted by Gasteiger charge is 2.19. The summed E-state index contributed by atoms with van der Waals surface area (Å²) < 4.78 is 0. The van der Waals surface area contributed by atoms with Crippen molar-refractivity contribution in [2.24, 2.45) is 0 Å². The summed E-state index contributed by atoms with van der Waals surface area (Å²) in [7, 11) is 5.59. The number of likely N-dealkylation sites (N-methyl/N-ethyl adjacent to an activating group) is 2. The van der Waals surface area contributed by atoms with Gasteiger partial charge in [-0.25, -0.2) is 0 Å². The van der Waals surface area contributed by atoms with Crippen LogP contribution in [-0.4, -0.2) is 53.1 Å². The number of rotatable bonds is 4. The van der Waals surface area contributed by atoms with Gasteiger partial charge in [0.1, 0.15) is 0 Å². The lowest BCUT2D eigenvalue weighted by Crippen LogP contribution is -2.42. The average molecular weight is 210 g/mol. The lowest BCUT2D eigenvalue weighted by atomic mass is 10.2. The predicted octanol–water partition coefficient (Wildman–Crippen LogP) is 0.318. The number of hydrogen-bond donors (Lipinski definition) is 1. The molecule has 0 radical (unpaired) electrons. The standard InChI is InChI=1S/C10H18N4O/c1-8(13(2)3)10(15)14(4)7-9-5-6-11-12-9/h5-6,8H,7H2,1-4H3,(H,11,12)/t8-/m0/s1. The monoisotopic (exact) mass is 210 g/mol. The van der Waals surface area contributed by atoms with Gasteiger partial charge >= 0.3 is 0 Å². The van der Waals surface area contributed by atoms with Gasteiger partial charge < -0.3 is 4.90 Å². The summed E-state index contributed by atoms with van der Waals surface area (Å²) in [5, 5.41) is 6.67. The molecule has 1 rings (SSSR count). The maximum Gasteiger partial charge on any atom is 0.239 e. The molecule has 0 aliphatic carbocycles. The first kappa shape index (κ1) is 11.7. The van der Waals surface area contributed by atoms with E-state index in [1.54, 1.807) is 18.1 Å². The fourth-order valence-electron chi connectivity index (χ4n) is 1.25. The van der Waals surface area contributed by atoms with Crippen LogP contribution in [0, 0.1) is 0 Å². The van der Waals surface area contributed by atoms with Crippen LogP contribution in [0.2, 0.25) is 0 Å². The Bertz CT molecular complexity index is 307. The Morgan fingerprint density at radius 2 is 2.20 bits per heavy atom. The van der Waals surface area contributed by atoms with Crippen LogP contribution in [0.5, 0.6) is 0 Å². The zero-order valence-corrected chi connectivity index (χ0v) is 9.69. The molecule has 1 amide bonds. The van der Waals surface area contributed by atoms with Crippen molar-refractivity contribution in [3.8, 4) is 0 Å². The minimum atomic E-state index is -0.0991. The first-order chi connectivity index (χ1) is 7.02. The number of carbonyl (C=O) groups is 1. The molecule has 0 aliphatic rings. The fraction of sp³-hybridized carbons (Fsp3) is 0.600. The van der Waals surface area contributed by atoms with E-state index in [4.69, 9.17) is 0 Å². The summed E-state index contributed by atoms with van der Waals surface area (Å²) in [6.07, 6.45) is 1.68. The first-order valence-corrected chi connectivity index (χ1v) is 4.92. The molecular formula is C10H18N4O.